The molecule has 0 radical (unpaired) electrons. The maximum atomic E-state index is 10.7. The summed E-state index contributed by atoms with van der Waals surface area (Å²) in [6.07, 6.45) is 4.47. The Hall–Kier alpha value is -1.62. The first kappa shape index (κ1) is 9.47. The van der Waals surface area contributed by atoms with Gasteiger partial charge in [-0.15, -0.1) is 6.58 Å². The molecule has 0 fully saturated rings. The van der Waals surface area contributed by atoms with Crippen LogP contribution in [0.15, 0.2) is 25.0 Å². The number of imidazole rings is 1. The Labute approximate surface area is 75.3 Å². The summed E-state index contributed by atoms with van der Waals surface area (Å²) in [7, 11) is 0. The van der Waals surface area contributed by atoms with Gasteiger partial charge in [0.15, 0.2) is 0 Å². The Morgan fingerprint density at radius 1 is 1.92 bits per heavy atom. The zero-order valence-corrected chi connectivity index (χ0v) is 7.03. The van der Waals surface area contributed by atoms with Crippen LogP contribution >= 0.6 is 0 Å². The molecule has 1 unspecified atom stereocenters. The van der Waals surface area contributed by atoms with Gasteiger partial charge in [0.05, 0.1) is 0 Å². The van der Waals surface area contributed by atoms with E-state index in [1.807, 2.05) is 0 Å². The SMILES string of the molecule is C=CC(N)(Cc1ncc[nH]1)C(=O)O. The summed E-state index contributed by atoms with van der Waals surface area (Å²) in [5, 5.41) is 8.79. The summed E-state index contributed by atoms with van der Waals surface area (Å²) in [5.41, 5.74) is 4.11. The molecule has 0 aromatic carbocycles. The number of aromatic nitrogens is 2. The van der Waals surface area contributed by atoms with Crippen LogP contribution in [0.4, 0.5) is 0 Å². The first-order chi connectivity index (χ1) is 6.08. The Morgan fingerprint density at radius 2 is 2.62 bits per heavy atom. The highest BCUT2D eigenvalue weighted by Gasteiger charge is 2.31. The number of nitrogens with one attached hydrogen (secondary N) is 1. The molecule has 1 heterocycles. The van der Waals surface area contributed by atoms with Gasteiger partial charge in [-0.05, 0) is 0 Å². The van der Waals surface area contributed by atoms with Crippen molar-refractivity contribution in [1.82, 2.24) is 9.97 Å². The van der Waals surface area contributed by atoms with Crippen LogP contribution in [0.1, 0.15) is 5.82 Å². The van der Waals surface area contributed by atoms with E-state index in [1.165, 1.54) is 6.08 Å². The van der Waals surface area contributed by atoms with Crippen molar-refractivity contribution in [1.29, 1.82) is 0 Å². The van der Waals surface area contributed by atoms with Gasteiger partial charge in [-0.3, -0.25) is 0 Å². The van der Waals surface area contributed by atoms with Crippen molar-refractivity contribution in [2.75, 3.05) is 0 Å². The molecule has 13 heavy (non-hydrogen) atoms. The maximum absolute atomic E-state index is 10.7. The van der Waals surface area contributed by atoms with Crippen molar-refractivity contribution in [2.45, 2.75) is 12.0 Å². The molecule has 0 amide bonds. The van der Waals surface area contributed by atoms with Gasteiger partial charge in [0, 0.05) is 18.8 Å². The van der Waals surface area contributed by atoms with E-state index < -0.39 is 11.5 Å². The minimum absolute atomic E-state index is 0.110. The van der Waals surface area contributed by atoms with Crippen LogP contribution in [-0.4, -0.2) is 26.6 Å². The summed E-state index contributed by atoms with van der Waals surface area (Å²) in [4.78, 5) is 17.4. The minimum Gasteiger partial charge on any atom is -0.480 e. The van der Waals surface area contributed by atoms with Crippen molar-refractivity contribution in [3.8, 4) is 0 Å². The third-order valence-electron chi connectivity index (χ3n) is 1.78. The van der Waals surface area contributed by atoms with Crippen molar-refractivity contribution in [3.63, 3.8) is 0 Å². The van der Waals surface area contributed by atoms with Gasteiger partial charge in [-0.1, -0.05) is 6.08 Å². The highest BCUT2D eigenvalue weighted by Crippen LogP contribution is 2.08. The molecule has 0 saturated carbocycles. The largest absolute Gasteiger partial charge is 0.480 e. The van der Waals surface area contributed by atoms with Crippen LogP contribution in [0.2, 0.25) is 0 Å². The zero-order valence-electron chi connectivity index (χ0n) is 7.03. The second-order valence-electron chi connectivity index (χ2n) is 2.76. The molecule has 5 heteroatoms. The molecule has 5 nitrogen and oxygen atoms in total. The Kier molecular flexibility index (Phi) is 2.48. The number of carbonyl (C=O) groups is 1. The van der Waals surface area contributed by atoms with Crippen LogP contribution < -0.4 is 5.73 Å². The molecule has 0 aliphatic heterocycles. The number of nitrogens with zero attached hydrogens (tertiary/aromatic N) is 1. The number of rotatable bonds is 4. The van der Waals surface area contributed by atoms with Gasteiger partial charge in [-0.25, -0.2) is 9.78 Å². The van der Waals surface area contributed by atoms with Gasteiger partial charge in [0.2, 0.25) is 0 Å². The third kappa shape index (κ3) is 1.94. The number of aromatic amines is 1. The number of carboxylic acids is 1. The fraction of sp³-hybridized carbons (Fsp3) is 0.250. The maximum Gasteiger partial charge on any atom is 0.328 e. The summed E-state index contributed by atoms with van der Waals surface area (Å²) in [5.74, 6) is -0.580. The fourth-order valence-corrected chi connectivity index (χ4v) is 0.907. The van der Waals surface area contributed by atoms with Gasteiger partial charge in [-0.2, -0.15) is 0 Å². The summed E-state index contributed by atoms with van der Waals surface area (Å²) < 4.78 is 0. The number of hydrogen-bond donors (Lipinski definition) is 3. The Balaban J connectivity index is 2.81. The van der Waals surface area contributed by atoms with Crippen LogP contribution in [0.25, 0.3) is 0 Å². The minimum atomic E-state index is -1.45. The quantitative estimate of drug-likeness (QED) is 0.566. The lowest BCUT2D eigenvalue weighted by molar-refractivity contribution is -0.141. The van der Waals surface area contributed by atoms with Crippen molar-refractivity contribution >= 4 is 5.97 Å². The lowest BCUT2D eigenvalue weighted by atomic mass is 9.97. The Bertz CT molecular complexity index is 307. The van der Waals surface area contributed by atoms with E-state index in [2.05, 4.69) is 16.5 Å². The average molecular weight is 181 g/mol. The number of nitrogens with two attached hydrogens (primary N) is 1. The molecule has 1 aromatic rings. The van der Waals surface area contributed by atoms with E-state index in [0.29, 0.717) is 5.82 Å². The summed E-state index contributed by atoms with van der Waals surface area (Å²) in [6, 6.07) is 0. The zero-order chi connectivity index (χ0) is 9.90. The summed E-state index contributed by atoms with van der Waals surface area (Å²) in [6.45, 7) is 3.39. The first-order valence-corrected chi connectivity index (χ1v) is 3.72. The highest BCUT2D eigenvalue weighted by atomic mass is 16.4. The van der Waals surface area contributed by atoms with Gasteiger partial charge >= 0.3 is 5.97 Å². The monoisotopic (exact) mass is 181 g/mol. The summed E-state index contributed by atoms with van der Waals surface area (Å²) >= 11 is 0. The van der Waals surface area contributed by atoms with Crippen molar-refractivity contribution in [2.24, 2.45) is 5.73 Å². The fourth-order valence-electron chi connectivity index (χ4n) is 0.907. The molecule has 0 bridgehead atoms. The van der Waals surface area contributed by atoms with E-state index >= 15 is 0 Å². The van der Waals surface area contributed by atoms with E-state index in [1.54, 1.807) is 12.4 Å². The molecule has 70 valence electrons. The molecule has 0 spiro atoms. The van der Waals surface area contributed by atoms with Crippen molar-refractivity contribution < 1.29 is 9.90 Å². The van der Waals surface area contributed by atoms with Crippen LogP contribution in [-0.2, 0) is 11.2 Å². The highest BCUT2D eigenvalue weighted by molar-refractivity contribution is 5.81. The number of carboxylic acid groups (broad SMARTS) is 1. The predicted octanol–water partition coefficient (Wildman–Crippen LogP) is -0.0797. The van der Waals surface area contributed by atoms with Crippen molar-refractivity contribution in [3.05, 3.63) is 30.9 Å². The molecule has 1 atom stereocenters. The van der Waals surface area contributed by atoms with Crippen LogP contribution in [0.3, 0.4) is 0 Å². The number of hydrogen-bond acceptors (Lipinski definition) is 3. The van der Waals surface area contributed by atoms with E-state index in [4.69, 9.17) is 10.8 Å². The molecule has 1 aromatic heterocycles. The standard InChI is InChI=1S/C8H11N3O2/c1-2-8(9,7(12)13)5-6-10-3-4-11-6/h2-4H,1,5,9H2,(H,10,11)(H,12,13). The van der Waals surface area contributed by atoms with E-state index in [-0.39, 0.29) is 6.42 Å². The topological polar surface area (TPSA) is 92.0 Å². The lowest BCUT2D eigenvalue weighted by Crippen LogP contribution is -2.48. The average Bonchev–Trinajstić information content (AvgIpc) is 2.56. The molecular formula is C8H11N3O2. The normalized spacial score (nSPS) is 14.8. The molecule has 4 N–H and O–H groups in total. The smallest absolute Gasteiger partial charge is 0.328 e. The van der Waals surface area contributed by atoms with Crippen LogP contribution in [0.5, 0.6) is 0 Å². The third-order valence-corrected chi connectivity index (χ3v) is 1.78. The van der Waals surface area contributed by atoms with Gasteiger partial charge in [0.1, 0.15) is 11.4 Å². The second kappa shape index (κ2) is 3.40. The molecule has 1 rings (SSSR count). The number of H-pyrrole nitrogens is 1. The molecular weight excluding hydrogens is 170 g/mol. The first-order valence-electron chi connectivity index (χ1n) is 3.72. The van der Waals surface area contributed by atoms with E-state index in [0.717, 1.165) is 0 Å². The molecule has 0 aliphatic rings. The van der Waals surface area contributed by atoms with Crippen LogP contribution in [0, 0.1) is 0 Å². The molecule has 0 saturated heterocycles. The Morgan fingerprint density at radius 3 is 3.00 bits per heavy atom. The predicted molar refractivity (Wildman–Crippen MR) is 47.0 cm³/mol. The molecule has 0 aliphatic carbocycles. The number of aliphatic carboxylic acids is 1. The van der Waals surface area contributed by atoms with E-state index in [9.17, 15) is 4.79 Å². The van der Waals surface area contributed by atoms with Gasteiger partial charge in [0.25, 0.3) is 0 Å². The second-order valence-corrected chi connectivity index (χ2v) is 2.76. The van der Waals surface area contributed by atoms with Gasteiger partial charge < -0.3 is 15.8 Å². The lowest BCUT2D eigenvalue weighted by Gasteiger charge is -2.18.